The standard InChI is InChI=1S/C22H25Cl2N3O3S/c23-15-5-6-17-16(10-15)22(7-8-26(13-22)20(29)4-2-1-3-9-28)14-27(17)21(30)11-19-25-12-18(24)31-19/h5-6,10,12,28H,1-4,7-9,11,13-14H2. The highest BCUT2D eigenvalue weighted by atomic mass is 35.5. The zero-order valence-electron chi connectivity index (χ0n) is 17.1. The van der Waals surface area contributed by atoms with Crippen molar-refractivity contribution in [1.29, 1.82) is 0 Å². The van der Waals surface area contributed by atoms with Crippen molar-refractivity contribution < 1.29 is 14.7 Å². The van der Waals surface area contributed by atoms with Gasteiger partial charge in [-0.05, 0) is 43.0 Å². The van der Waals surface area contributed by atoms with Gasteiger partial charge in [-0.15, -0.1) is 11.3 Å². The topological polar surface area (TPSA) is 73.7 Å². The Bertz CT molecular complexity index is 983. The molecule has 1 atom stereocenters. The lowest BCUT2D eigenvalue weighted by atomic mass is 9.81. The molecule has 1 N–H and O–H groups in total. The average molecular weight is 482 g/mol. The van der Waals surface area contributed by atoms with E-state index in [1.165, 1.54) is 11.3 Å². The first kappa shape index (κ1) is 22.5. The molecule has 6 nitrogen and oxygen atoms in total. The number of rotatable bonds is 7. The molecule has 166 valence electrons. The minimum Gasteiger partial charge on any atom is -0.396 e. The van der Waals surface area contributed by atoms with Gasteiger partial charge in [0.2, 0.25) is 11.8 Å². The number of halogens is 2. The number of hydrogen-bond donors (Lipinski definition) is 1. The monoisotopic (exact) mass is 481 g/mol. The third kappa shape index (κ3) is 4.75. The van der Waals surface area contributed by atoms with E-state index in [0.29, 0.717) is 40.4 Å². The van der Waals surface area contributed by atoms with Gasteiger partial charge in [0.05, 0.1) is 12.6 Å². The number of aliphatic hydroxyl groups is 1. The number of fused-ring (bicyclic) bond motifs is 2. The van der Waals surface area contributed by atoms with Crippen molar-refractivity contribution >= 4 is 52.0 Å². The number of unbranched alkanes of at least 4 members (excludes halogenated alkanes) is 2. The van der Waals surface area contributed by atoms with E-state index in [1.807, 2.05) is 21.9 Å². The lowest BCUT2D eigenvalue weighted by Gasteiger charge is -2.26. The van der Waals surface area contributed by atoms with Gasteiger partial charge in [0.1, 0.15) is 9.34 Å². The summed E-state index contributed by atoms with van der Waals surface area (Å²) in [6.07, 6.45) is 5.42. The van der Waals surface area contributed by atoms with E-state index in [4.69, 9.17) is 28.3 Å². The Balaban J connectivity index is 1.51. The fourth-order valence-electron chi connectivity index (χ4n) is 4.62. The van der Waals surface area contributed by atoms with Gasteiger partial charge in [0.25, 0.3) is 0 Å². The summed E-state index contributed by atoms with van der Waals surface area (Å²) in [5, 5.41) is 10.2. The molecule has 1 aromatic carbocycles. The lowest BCUT2D eigenvalue weighted by Crippen LogP contribution is -2.40. The number of thiazole rings is 1. The Labute approximate surface area is 195 Å². The van der Waals surface area contributed by atoms with Gasteiger partial charge in [-0.1, -0.05) is 29.6 Å². The highest BCUT2D eigenvalue weighted by Crippen LogP contribution is 2.47. The summed E-state index contributed by atoms with van der Waals surface area (Å²) < 4.78 is 0.566. The second-order valence-electron chi connectivity index (χ2n) is 8.26. The van der Waals surface area contributed by atoms with Crippen molar-refractivity contribution in [3.63, 3.8) is 0 Å². The summed E-state index contributed by atoms with van der Waals surface area (Å²) >= 11 is 13.6. The first-order valence-corrected chi connectivity index (χ1v) is 12.1. The van der Waals surface area contributed by atoms with Crippen LogP contribution in [0.5, 0.6) is 0 Å². The number of benzene rings is 1. The maximum Gasteiger partial charge on any atom is 0.233 e. The summed E-state index contributed by atoms with van der Waals surface area (Å²) in [4.78, 5) is 33.8. The van der Waals surface area contributed by atoms with Crippen LogP contribution in [0.15, 0.2) is 24.4 Å². The van der Waals surface area contributed by atoms with Gasteiger partial charge in [-0.2, -0.15) is 0 Å². The highest BCUT2D eigenvalue weighted by molar-refractivity contribution is 7.15. The maximum absolute atomic E-state index is 13.1. The predicted octanol–water partition coefficient (Wildman–Crippen LogP) is 4.06. The van der Waals surface area contributed by atoms with E-state index in [9.17, 15) is 9.59 Å². The Kier molecular flexibility index (Phi) is 6.86. The second kappa shape index (κ2) is 9.45. The minimum atomic E-state index is -0.294. The van der Waals surface area contributed by atoms with E-state index in [1.54, 1.807) is 12.3 Å². The molecule has 1 saturated heterocycles. The molecule has 4 rings (SSSR count). The van der Waals surface area contributed by atoms with Crippen LogP contribution >= 0.6 is 34.5 Å². The SMILES string of the molecule is O=C(CCCCCO)N1CCC2(C1)CN(C(=O)Cc1ncc(Cl)s1)c1ccc(Cl)cc12. The van der Waals surface area contributed by atoms with Crippen LogP contribution in [0.2, 0.25) is 9.36 Å². The van der Waals surface area contributed by atoms with Gasteiger partial charge in [0, 0.05) is 48.8 Å². The van der Waals surface area contributed by atoms with Crippen molar-refractivity contribution in [3.8, 4) is 0 Å². The van der Waals surface area contributed by atoms with Crippen LogP contribution in [0.25, 0.3) is 0 Å². The number of likely N-dealkylation sites (tertiary alicyclic amines) is 1. The van der Waals surface area contributed by atoms with Gasteiger partial charge in [-0.25, -0.2) is 4.98 Å². The number of carbonyl (C=O) groups is 2. The average Bonchev–Trinajstić information content (AvgIpc) is 3.44. The number of aliphatic hydroxyl groups excluding tert-OH is 1. The number of aromatic nitrogens is 1. The molecule has 0 aliphatic carbocycles. The summed E-state index contributed by atoms with van der Waals surface area (Å²) in [5.74, 6) is 0.112. The van der Waals surface area contributed by atoms with Crippen LogP contribution in [0, 0.1) is 0 Å². The molecule has 1 unspecified atom stereocenters. The van der Waals surface area contributed by atoms with E-state index in [0.717, 1.165) is 36.9 Å². The summed E-state index contributed by atoms with van der Waals surface area (Å²) in [6.45, 7) is 1.96. The molecule has 1 spiro atoms. The van der Waals surface area contributed by atoms with Crippen molar-refractivity contribution in [3.05, 3.63) is 44.3 Å². The Morgan fingerprint density at radius 2 is 2.00 bits per heavy atom. The van der Waals surface area contributed by atoms with Crippen LogP contribution in [0.1, 0.15) is 42.7 Å². The van der Waals surface area contributed by atoms with Gasteiger partial charge in [0.15, 0.2) is 0 Å². The number of anilines is 1. The van der Waals surface area contributed by atoms with Crippen LogP contribution in [0.4, 0.5) is 5.69 Å². The molecule has 2 aliphatic rings. The van der Waals surface area contributed by atoms with Crippen molar-refractivity contribution in [2.45, 2.75) is 43.9 Å². The molecule has 2 aromatic rings. The number of hydrogen-bond acceptors (Lipinski definition) is 5. The zero-order valence-corrected chi connectivity index (χ0v) is 19.5. The van der Waals surface area contributed by atoms with Gasteiger partial charge in [-0.3, -0.25) is 9.59 Å². The van der Waals surface area contributed by atoms with E-state index < -0.39 is 0 Å². The Morgan fingerprint density at radius 1 is 1.16 bits per heavy atom. The zero-order chi connectivity index (χ0) is 22.0. The first-order chi connectivity index (χ1) is 14.9. The molecule has 0 bridgehead atoms. The first-order valence-electron chi connectivity index (χ1n) is 10.5. The molecule has 9 heteroatoms. The highest BCUT2D eigenvalue weighted by Gasteiger charge is 2.49. The number of nitrogens with zero attached hydrogens (tertiary/aromatic N) is 3. The molecule has 2 aliphatic heterocycles. The van der Waals surface area contributed by atoms with Crippen LogP contribution in [-0.2, 0) is 21.4 Å². The summed E-state index contributed by atoms with van der Waals surface area (Å²) in [5.41, 5.74) is 1.62. The summed E-state index contributed by atoms with van der Waals surface area (Å²) in [7, 11) is 0. The third-order valence-corrected chi connectivity index (χ3v) is 7.52. The normalized spacial score (nSPS) is 20.0. The smallest absolute Gasteiger partial charge is 0.233 e. The van der Waals surface area contributed by atoms with Crippen LogP contribution < -0.4 is 4.90 Å². The van der Waals surface area contributed by atoms with Crippen molar-refractivity contribution in [2.24, 2.45) is 0 Å². The molecular formula is C22H25Cl2N3O3S. The number of carbonyl (C=O) groups excluding carboxylic acids is 2. The molecule has 2 amide bonds. The van der Waals surface area contributed by atoms with Crippen molar-refractivity contribution in [1.82, 2.24) is 9.88 Å². The second-order valence-corrected chi connectivity index (χ2v) is 10.4. The van der Waals surface area contributed by atoms with Crippen LogP contribution in [-0.4, -0.2) is 53.0 Å². The van der Waals surface area contributed by atoms with Gasteiger partial charge < -0.3 is 14.9 Å². The predicted molar refractivity (Wildman–Crippen MR) is 123 cm³/mol. The molecule has 0 saturated carbocycles. The molecule has 31 heavy (non-hydrogen) atoms. The fourth-order valence-corrected chi connectivity index (χ4v) is 5.74. The van der Waals surface area contributed by atoms with Gasteiger partial charge >= 0.3 is 0 Å². The third-order valence-electron chi connectivity index (χ3n) is 6.17. The summed E-state index contributed by atoms with van der Waals surface area (Å²) in [6, 6.07) is 5.65. The fraction of sp³-hybridized carbons (Fsp3) is 0.500. The Hall–Kier alpha value is -1.67. The van der Waals surface area contributed by atoms with E-state index in [-0.39, 0.29) is 30.3 Å². The molecular weight excluding hydrogens is 457 g/mol. The quantitative estimate of drug-likeness (QED) is 0.605. The minimum absolute atomic E-state index is 0.0276. The molecule has 3 heterocycles. The van der Waals surface area contributed by atoms with E-state index in [2.05, 4.69) is 4.98 Å². The van der Waals surface area contributed by atoms with Crippen LogP contribution in [0.3, 0.4) is 0 Å². The molecule has 0 radical (unpaired) electrons. The van der Waals surface area contributed by atoms with Crippen molar-refractivity contribution in [2.75, 3.05) is 31.1 Å². The maximum atomic E-state index is 13.1. The largest absolute Gasteiger partial charge is 0.396 e. The lowest BCUT2D eigenvalue weighted by molar-refractivity contribution is -0.130. The number of amides is 2. The van der Waals surface area contributed by atoms with E-state index >= 15 is 0 Å². The molecule has 1 fully saturated rings. The molecule has 1 aromatic heterocycles. The Morgan fingerprint density at radius 3 is 2.74 bits per heavy atom.